The summed E-state index contributed by atoms with van der Waals surface area (Å²) in [5.74, 6) is 0.0867. The molecule has 8 heteroatoms. The molecular weight excluding hydrogens is 440 g/mol. The fourth-order valence-electron chi connectivity index (χ4n) is 4.39. The second-order valence-corrected chi connectivity index (χ2v) is 10.5. The molecule has 1 atom stereocenters. The van der Waals surface area contributed by atoms with Gasteiger partial charge in [0.15, 0.2) is 0 Å². The molecule has 0 spiro atoms. The number of hydrogen-bond acceptors (Lipinski definition) is 6. The molecule has 2 aromatic carbocycles. The van der Waals surface area contributed by atoms with Gasteiger partial charge in [-0.25, -0.2) is 13.1 Å². The highest BCUT2D eigenvalue weighted by molar-refractivity contribution is 7.90. The third-order valence-corrected chi connectivity index (χ3v) is 7.75. The number of hydrogen-bond donors (Lipinski definition) is 1. The first kappa shape index (κ1) is 21.9. The number of fused-ring (bicyclic) bond motifs is 1. The smallest absolute Gasteiger partial charge is 0.264 e. The van der Waals surface area contributed by atoms with Crippen LogP contribution in [0.4, 0.5) is 0 Å². The predicted octanol–water partition coefficient (Wildman–Crippen LogP) is 3.56. The van der Waals surface area contributed by atoms with E-state index in [1.54, 1.807) is 24.3 Å². The third-order valence-electron chi connectivity index (χ3n) is 6.36. The summed E-state index contributed by atoms with van der Waals surface area (Å²) < 4.78 is 40.5. The number of benzene rings is 2. The summed E-state index contributed by atoms with van der Waals surface area (Å²) in [6, 6.07) is 14.1. The molecule has 5 rings (SSSR count). The fourth-order valence-corrected chi connectivity index (χ4v) is 5.66. The van der Waals surface area contributed by atoms with Gasteiger partial charge in [-0.3, -0.25) is 9.78 Å². The van der Waals surface area contributed by atoms with E-state index in [9.17, 15) is 13.2 Å². The van der Waals surface area contributed by atoms with Crippen molar-refractivity contribution in [2.24, 2.45) is 0 Å². The van der Waals surface area contributed by atoms with Gasteiger partial charge in [-0.1, -0.05) is 23.8 Å². The lowest BCUT2D eigenvalue weighted by atomic mass is 9.93. The molecule has 0 bridgehead atoms. The van der Waals surface area contributed by atoms with Crippen LogP contribution < -0.4 is 9.46 Å². The van der Waals surface area contributed by atoms with E-state index >= 15 is 0 Å². The lowest BCUT2D eigenvalue weighted by Crippen LogP contribution is -2.39. The molecule has 33 heavy (non-hydrogen) atoms. The van der Waals surface area contributed by atoms with E-state index in [1.165, 1.54) is 6.07 Å². The monoisotopic (exact) mass is 466 g/mol. The molecule has 1 saturated carbocycles. The van der Waals surface area contributed by atoms with Gasteiger partial charge in [-0.15, -0.1) is 0 Å². The minimum absolute atomic E-state index is 0.0421. The second-order valence-electron chi connectivity index (χ2n) is 8.90. The van der Waals surface area contributed by atoms with Gasteiger partial charge in [-0.2, -0.15) is 0 Å². The van der Waals surface area contributed by atoms with Crippen molar-refractivity contribution in [3.05, 3.63) is 65.4 Å². The van der Waals surface area contributed by atoms with Gasteiger partial charge in [0.05, 0.1) is 29.0 Å². The Hall–Kier alpha value is -2.97. The summed E-state index contributed by atoms with van der Waals surface area (Å²) in [6.07, 6.45) is 1.84. The van der Waals surface area contributed by atoms with Gasteiger partial charge in [-0.05, 0) is 57.0 Å². The van der Waals surface area contributed by atoms with Crippen molar-refractivity contribution < 1.29 is 22.7 Å². The standard InChI is InChI=1S/C25H26N2O5S/c1-16-6-9-22(32-18-10-13-31-15-18)20(14-16)25(11-12-25)24(28)27-33(29,30)23-5-3-4-21-19(23)8-7-17(2)26-21/h3-9,14,18H,10-13,15H2,1-2H3,(H,27,28)/t18-/m1/s1. The number of rotatable bonds is 6. The SMILES string of the molecule is Cc1ccc(O[C@@H]2CCOC2)c(C2(C(=O)NS(=O)(=O)c3cccc4nc(C)ccc34)CC2)c1. The van der Waals surface area contributed by atoms with Crippen molar-refractivity contribution in [2.45, 2.75) is 49.5 Å². The van der Waals surface area contributed by atoms with Crippen molar-refractivity contribution in [1.29, 1.82) is 0 Å². The van der Waals surface area contributed by atoms with E-state index in [0.717, 1.165) is 23.2 Å². The van der Waals surface area contributed by atoms with Crippen molar-refractivity contribution in [2.75, 3.05) is 13.2 Å². The van der Waals surface area contributed by atoms with Gasteiger partial charge >= 0.3 is 0 Å². The number of ether oxygens (including phenoxy) is 2. The molecule has 1 amide bonds. The highest BCUT2D eigenvalue weighted by atomic mass is 32.2. The Morgan fingerprint density at radius 2 is 1.97 bits per heavy atom. The Morgan fingerprint density at radius 3 is 2.70 bits per heavy atom. The van der Waals surface area contributed by atoms with Crippen LogP contribution in [-0.2, 0) is 25.0 Å². The van der Waals surface area contributed by atoms with Crippen LogP contribution in [0.5, 0.6) is 5.75 Å². The zero-order valence-electron chi connectivity index (χ0n) is 18.6. The molecule has 2 aliphatic rings. The number of amides is 1. The molecule has 1 aliphatic carbocycles. The minimum Gasteiger partial charge on any atom is -0.488 e. The fraction of sp³-hybridized carbons (Fsp3) is 0.360. The van der Waals surface area contributed by atoms with Gasteiger partial charge < -0.3 is 9.47 Å². The number of aromatic nitrogens is 1. The van der Waals surface area contributed by atoms with E-state index < -0.39 is 21.3 Å². The summed E-state index contributed by atoms with van der Waals surface area (Å²) >= 11 is 0. The Morgan fingerprint density at radius 1 is 1.15 bits per heavy atom. The Bertz CT molecular complexity index is 1340. The molecule has 1 aliphatic heterocycles. The molecule has 1 aromatic heterocycles. The summed E-state index contributed by atoms with van der Waals surface area (Å²) in [5, 5.41) is 0.481. The maximum Gasteiger partial charge on any atom is 0.264 e. The van der Waals surface area contributed by atoms with Crippen LogP contribution >= 0.6 is 0 Å². The first-order valence-corrected chi connectivity index (χ1v) is 12.6. The van der Waals surface area contributed by atoms with Crippen LogP contribution in [-0.4, -0.2) is 38.6 Å². The first-order valence-electron chi connectivity index (χ1n) is 11.1. The Balaban J connectivity index is 1.47. The van der Waals surface area contributed by atoms with Crippen LogP contribution in [0.25, 0.3) is 10.9 Å². The average molecular weight is 467 g/mol. The lowest BCUT2D eigenvalue weighted by molar-refractivity contribution is -0.121. The predicted molar refractivity (Wildman–Crippen MR) is 124 cm³/mol. The minimum atomic E-state index is -4.10. The lowest BCUT2D eigenvalue weighted by Gasteiger charge is -2.22. The number of nitrogens with zero attached hydrogens (tertiary/aromatic N) is 1. The molecule has 1 N–H and O–H groups in total. The number of carbonyl (C=O) groups is 1. The van der Waals surface area contributed by atoms with E-state index in [0.29, 0.717) is 42.7 Å². The van der Waals surface area contributed by atoms with Crippen LogP contribution in [0.3, 0.4) is 0 Å². The van der Waals surface area contributed by atoms with Gasteiger partial charge in [0.25, 0.3) is 10.0 Å². The summed E-state index contributed by atoms with van der Waals surface area (Å²) in [7, 11) is -4.10. The largest absolute Gasteiger partial charge is 0.488 e. The maximum atomic E-state index is 13.4. The Labute approximate surface area is 193 Å². The summed E-state index contributed by atoms with van der Waals surface area (Å²) in [6.45, 7) is 4.95. The second kappa shape index (κ2) is 8.11. The zero-order valence-corrected chi connectivity index (χ0v) is 19.4. The van der Waals surface area contributed by atoms with Crippen molar-refractivity contribution in [3.63, 3.8) is 0 Å². The van der Waals surface area contributed by atoms with E-state index in [1.807, 2.05) is 32.0 Å². The summed E-state index contributed by atoms with van der Waals surface area (Å²) in [4.78, 5) is 17.9. The molecule has 2 fully saturated rings. The third kappa shape index (κ3) is 4.09. The van der Waals surface area contributed by atoms with Gasteiger partial charge in [0.2, 0.25) is 5.91 Å². The average Bonchev–Trinajstić information content (AvgIpc) is 3.44. The van der Waals surface area contributed by atoms with Crippen LogP contribution in [0, 0.1) is 13.8 Å². The molecule has 1 saturated heterocycles. The Kier molecular flexibility index (Phi) is 5.37. The number of aryl methyl sites for hydroxylation is 2. The highest BCUT2D eigenvalue weighted by Gasteiger charge is 2.54. The van der Waals surface area contributed by atoms with E-state index in [4.69, 9.17) is 9.47 Å². The first-order chi connectivity index (χ1) is 15.8. The quantitative estimate of drug-likeness (QED) is 0.597. The number of nitrogens with one attached hydrogen (secondary N) is 1. The van der Waals surface area contributed by atoms with Crippen molar-refractivity contribution in [3.8, 4) is 5.75 Å². The maximum absolute atomic E-state index is 13.4. The molecule has 0 unspecified atom stereocenters. The molecule has 0 radical (unpaired) electrons. The van der Waals surface area contributed by atoms with Crippen LogP contribution in [0.15, 0.2) is 53.4 Å². The number of carbonyl (C=O) groups excluding carboxylic acids is 1. The zero-order chi connectivity index (χ0) is 23.2. The number of pyridine rings is 1. The molecule has 7 nitrogen and oxygen atoms in total. The molecule has 3 aromatic rings. The van der Waals surface area contributed by atoms with Crippen LogP contribution in [0.1, 0.15) is 36.1 Å². The summed E-state index contributed by atoms with van der Waals surface area (Å²) in [5.41, 5.74) is 2.15. The van der Waals surface area contributed by atoms with Gasteiger partial charge in [0, 0.05) is 23.1 Å². The van der Waals surface area contributed by atoms with Crippen molar-refractivity contribution >= 4 is 26.8 Å². The van der Waals surface area contributed by atoms with Crippen LogP contribution in [0.2, 0.25) is 0 Å². The topological polar surface area (TPSA) is 94.6 Å². The molecule has 172 valence electrons. The van der Waals surface area contributed by atoms with Gasteiger partial charge in [0.1, 0.15) is 11.9 Å². The number of sulfonamides is 1. The van der Waals surface area contributed by atoms with E-state index in [2.05, 4.69) is 9.71 Å². The highest BCUT2D eigenvalue weighted by Crippen LogP contribution is 2.52. The van der Waals surface area contributed by atoms with E-state index in [-0.39, 0.29) is 11.0 Å². The van der Waals surface area contributed by atoms with Crippen molar-refractivity contribution in [1.82, 2.24) is 9.71 Å². The normalized spacial score (nSPS) is 19.4. The molecule has 2 heterocycles. The molecular formula is C25H26N2O5S.